The summed E-state index contributed by atoms with van der Waals surface area (Å²) in [4.78, 5) is 34.0. The molecule has 3 heterocycles. The third kappa shape index (κ3) is 3.14. The number of hydrogen-bond acceptors (Lipinski definition) is 9. The Kier molecular flexibility index (Phi) is 4.91. The molecule has 1 aliphatic rings. The van der Waals surface area contributed by atoms with Crippen LogP contribution < -0.4 is 21.9 Å². The van der Waals surface area contributed by atoms with Gasteiger partial charge in [0.05, 0.1) is 12.4 Å². The zero-order valence-electron chi connectivity index (χ0n) is 14.2. The maximum atomic E-state index is 11.9. The predicted molar refractivity (Wildman–Crippen MR) is 90.0 cm³/mol. The van der Waals surface area contributed by atoms with Crippen molar-refractivity contribution in [3.05, 3.63) is 16.7 Å². The summed E-state index contributed by atoms with van der Waals surface area (Å²) in [5.41, 5.74) is 5.18. The Balaban J connectivity index is 1.80. The molecule has 12 heteroatoms. The summed E-state index contributed by atoms with van der Waals surface area (Å²) in [6.45, 7) is 1.69. The largest absolute Gasteiger partial charge is 0.387 e. The van der Waals surface area contributed by atoms with Gasteiger partial charge in [0.15, 0.2) is 17.4 Å². The van der Waals surface area contributed by atoms with Crippen LogP contribution in [0.3, 0.4) is 0 Å². The van der Waals surface area contributed by atoms with E-state index in [0.29, 0.717) is 0 Å². The van der Waals surface area contributed by atoms with E-state index in [2.05, 4.69) is 25.6 Å². The Labute approximate surface area is 147 Å². The maximum absolute atomic E-state index is 11.9. The molecule has 0 bridgehead atoms. The minimum atomic E-state index is -1.31. The fourth-order valence-electron chi connectivity index (χ4n) is 2.74. The highest BCUT2D eigenvalue weighted by Gasteiger charge is 2.44. The van der Waals surface area contributed by atoms with Gasteiger partial charge in [-0.3, -0.25) is 19.1 Å². The Morgan fingerprint density at radius 2 is 2.23 bits per heavy atom. The number of aliphatic hydroxyl groups excluding tert-OH is 2. The molecule has 1 saturated heterocycles. The Morgan fingerprint density at radius 1 is 1.50 bits per heavy atom. The normalized spacial score (nSPS) is 26.9. The van der Waals surface area contributed by atoms with Gasteiger partial charge in [0, 0.05) is 6.54 Å². The molecule has 2 aromatic rings. The molecule has 26 heavy (non-hydrogen) atoms. The Bertz CT molecular complexity index is 865. The second kappa shape index (κ2) is 6.99. The number of aromatic nitrogens is 4. The van der Waals surface area contributed by atoms with Gasteiger partial charge in [-0.05, 0) is 14.0 Å². The average Bonchev–Trinajstić information content (AvgIpc) is 3.14. The van der Waals surface area contributed by atoms with E-state index >= 15 is 0 Å². The fourth-order valence-corrected chi connectivity index (χ4v) is 2.74. The van der Waals surface area contributed by atoms with Crippen LogP contribution in [0.15, 0.2) is 11.1 Å². The van der Waals surface area contributed by atoms with Gasteiger partial charge in [-0.1, -0.05) is 0 Å². The Morgan fingerprint density at radius 3 is 2.92 bits per heavy atom. The average molecular weight is 367 g/mol. The van der Waals surface area contributed by atoms with Crippen LogP contribution in [-0.2, 0) is 9.53 Å². The topological polar surface area (TPSA) is 180 Å². The lowest BCUT2D eigenvalue weighted by Gasteiger charge is -2.17. The van der Waals surface area contributed by atoms with Gasteiger partial charge in [0.2, 0.25) is 11.9 Å². The second-order valence-corrected chi connectivity index (χ2v) is 6.08. The van der Waals surface area contributed by atoms with E-state index in [1.165, 1.54) is 10.9 Å². The molecule has 0 radical (unpaired) electrons. The van der Waals surface area contributed by atoms with Crippen LogP contribution >= 0.6 is 0 Å². The molecular formula is C14H21N7O5. The molecule has 3 rings (SSSR count). The van der Waals surface area contributed by atoms with E-state index < -0.39 is 36.1 Å². The van der Waals surface area contributed by atoms with E-state index in [4.69, 9.17) is 10.5 Å². The van der Waals surface area contributed by atoms with Crippen molar-refractivity contribution in [2.24, 2.45) is 0 Å². The number of rotatable bonds is 5. The molecule has 0 spiro atoms. The summed E-state index contributed by atoms with van der Waals surface area (Å²) in [6, 6.07) is -0.411. The third-order valence-corrected chi connectivity index (χ3v) is 4.37. The van der Waals surface area contributed by atoms with Crippen molar-refractivity contribution in [1.82, 2.24) is 30.2 Å². The van der Waals surface area contributed by atoms with Crippen molar-refractivity contribution in [3.8, 4) is 0 Å². The summed E-state index contributed by atoms with van der Waals surface area (Å²) in [5, 5.41) is 26.0. The Hall–Kier alpha value is -2.54. The van der Waals surface area contributed by atoms with Crippen molar-refractivity contribution >= 4 is 23.0 Å². The SMILES string of the molecule is CN[C@@H](C)C(=O)NC[C@H]1O[C@@H](n2cnc3c(=O)[nH]c(N)nc32)[C@H](O)[C@@H]1O. The first kappa shape index (κ1) is 18.3. The van der Waals surface area contributed by atoms with Crippen LogP contribution in [0.5, 0.6) is 0 Å². The first-order valence-electron chi connectivity index (χ1n) is 8.02. The first-order valence-corrected chi connectivity index (χ1v) is 8.02. The molecule has 1 fully saturated rings. The van der Waals surface area contributed by atoms with Crippen molar-refractivity contribution in [2.45, 2.75) is 37.5 Å². The molecule has 0 aromatic carbocycles. The summed E-state index contributed by atoms with van der Waals surface area (Å²) in [7, 11) is 1.65. The first-order chi connectivity index (χ1) is 12.3. The second-order valence-electron chi connectivity index (χ2n) is 6.08. The number of amides is 1. The van der Waals surface area contributed by atoms with Gasteiger partial charge < -0.3 is 31.3 Å². The summed E-state index contributed by atoms with van der Waals surface area (Å²) in [5.74, 6) is -0.377. The molecular weight excluding hydrogens is 346 g/mol. The lowest BCUT2D eigenvalue weighted by Crippen LogP contribution is -2.45. The van der Waals surface area contributed by atoms with Crippen molar-refractivity contribution in [3.63, 3.8) is 0 Å². The van der Waals surface area contributed by atoms with Crippen LogP contribution in [0.25, 0.3) is 11.2 Å². The fraction of sp³-hybridized carbons (Fsp3) is 0.571. The molecule has 7 N–H and O–H groups in total. The predicted octanol–water partition coefficient (Wildman–Crippen LogP) is -2.95. The number of nitrogens with two attached hydrogens (primary N) is 1. The number of likely N-dealkylation sites (N-methyl/N-ethyl adjacent to an activating group) is 1. The number of hydrogen-bond donors (Lipinski definition) is 6. The number of imidazole rings is 1. The van der Waals surface area contributed by atoms with Crippen molar-refractivity contribution in [2.75, 3.05) is 19.3 Å². The molecule has 2 aromatic heterocycles. The number of H-pyrrole nitrogens is 1. The highest BCUT2D eigenvalue weighted by atomic mass is 16.6. The molecule has 5 atom stereocenters. The van der Waals surface area contributed by atoms with E-state index in [1.54, 1.807) is 14.0 Å². The molecule has 0 unspecified atom stereocenters. The number of nitrogens with zero attached hydrogens (tertiary/aromatic N) is 3. The van der Waals surface area contributed by atoms with Crippen molar-refractivity contribution in [1.29, 1.82) is 0 Å². The number of anilines is 1. The van der Waals surface area contributed by atoms with Crippen LogP contribution in [0.4, 0.5) is 5.95 Å². The van der Waals surface area contributed by atoms with E-state index in [9.17, 15) is 19.8 Å². The van der Waals surface area contributed by atoms with Gasteiger partial charge in [0.25, 0.3) is 5.56 Å². The number of aromatic amines is 1. The molecule has 0 aliphatic carbocycles. The van der Waals surface area contributed by atoms with Gasteiger partial charge in [-0.25, -0.2) is 4.98 Å². The standard InChI is InChI=1S/C14H21N7O5/c1-5(16-2)11(24)17-3-6-8(22)9(23)13(26-6)21-4-18-7-10(21)19-14(15)20-12(7)25/h4-6,8-9,13,16,22-23H,3H2,1-2H3,(H,17,24)(H3,15,19,20,25)/t5-,6+,8+,9+,13+/m0/s1. The summed E-state index contributed by atoms with van der Waals surface area (Å²) >= 11 is 0. The van der Waals surface area contributed by atoms with E-state index in [1.807, 2.05) is 0 Å². The lowest BCUT2D eigenvalue weighted by atomic mass is 10.1. The number of fused-ring (bicyclic) bond motifs is 1. The molecule has 1 aliphatic heterocycles. The number of ether oxygens (including phenoxy) is 1. The number of nitrogen functional groups attached to an aromatic ring is 1. The zero-order chi connectivity index (χ0) is 19.0. The highest BCUT2D eigenvalue weighted by molar-refractivity contribution is 5.81. The molecule has 0 saturated carbocycles. The summed E-state index contributed by atoms with van der Waals surface area (Å²) in [6.07, 6.45) is -3.16. The number of nitrogens with one attached hydrogen (secondary N) is 3. The monoisotopic (exact) mass is 367 g/mol. The van der Waals surface area contributed by atoms with Gasteiger partial charge in [-0.2, -0.15) is 4.98 Å². The van der Waals surface area contributed by atoms with Crippen molar-refractivity contribution < 1.29 is 19.7 Å². The van der Waals surface area contributed by atoms with Gasteiger partial charge in [-0.15, -0.1) is 0 Å². The highest BCUT2D eigenvalue weighted by Crippen LogP contribution is 2.30. The van der Waals surface area contributed by atoms with Crippen LogP contribution in [0.1, 0.15) is 13.2 Å². The number of aliphatic hydroxyl groups is 2. The minimum absolute atomic E-state index is 0.00234. The molecule has 1 amide bonds. The number of carbonyl (C=O) groups excluding carboxylic acids is 1. The van der Waals surface area contributed by atoms with Crippen LogP contribution in [-0.4, -0.2) is 73.6 Å². The van der Waals surface area contributed by atoms with Gasteiger partial charge >= 0.3 is 0 Å². The third-order valence-electron chi connectivity index (χ3n) is 4.37. The maximum Gasteiger partial charge on any atom is 0.280 e. The molecule has 12 nitrogen and oxygen atoms in total. The summed E-state index contributed by atoms with van der Waals surface area (Å²) < 4.78 is 7.00. The van der Waals surface area contributed by atoms with Crippen LogP contribution in [0, 0.1) is 0 Å². The van der Waals surface area contributed by atoms with E-state index in [-0.39, 0.29) is 29.6 Å². The zero-order valence-corrected chi connectivity index (χ0v) is 14.2. The smallest absolute Gasteiger partial charge is 0.280 e. The van der Waals surface area contributed by atoms with Gasteiger partial charge in [0.1, 0.15) is 18.3 Å². The quantitative estimate of drug-likeness (QED) is 0.322. The number of carbonyl (C=O) groups is 1. The van der Waals surface area contributed by atoms with E-state index in [0.717, 1.165) is 0 Å². The lowest BCUT2D eigenvalue weighted by molar-refractivity contribution is -0.123. The minimum Gasteiger partial charge on any atom is -0.387 e. The van der Waals surface area contributed by atoms with Crippen LogP contribution in [0.2, 0.25) is 0 Å². The molecule has 142 valence electrons.